The molecule has 0 aliphatic carbocycles. The molecule has 13 nitrogen and oxygen atoms in total. The van der Waals surface area contributed by atoms with E-state index in [0.717, 1.165) is 10.5 Å². The second kappa shape index (κ2) is 10.1. The number of hydrogen-bond donors (Lipinski definition) is 1. The van der Waals surface area contributed by atoms with Crippen LogP contribution >= 0.6 is 23.4 Å². The fourth-order valence-corrected chi connectivity index (χ4v) is 11.5. The Hall–Kier alpha value is -2.88. The molecule has 0 aromatic heterocycles. The summed E-state index contributed by atoms with van der Waals surface area (Å²) in [4.78, 5) is 69.7. The van der Waals surface area contributed by atoms with Crippen molar-refractivity contribution in [3.8, 4) is 0 Å². The maximum atomic E-state index is 13.6. The number of ether oxygens (including phenoxy) is 2. The Balaban J connectivity index is 1.13. The van der Waals surface area contributed by atoms with Crippen LogP contribution in [0.25, 0.3) is 0 Å². The van der Waals surface area contributed by atoms with Crippen LogP contribution in [0, 0.1) is 0 Å². The molecule has 7 atom stereocenters. The summed E-state index contributed by atoms with van der Waals surface area (Å²) in [6.07, 6.45) is -0.239. The largest absolute Gasteiger partial charge is 0.426 e. The molecule has 0 saturated carbocycles. The number of sulfone groups is 1. The van der Waals surface area contributed by atoms with Crippen LogP contribution in [0.4, 0.5) is 0 Å². The van der Waals surface area contributed by atoms with E-state index in [1.165, 1.54) is 23.6 Å². The van der Waals surface area contributed by atoms with Gasteiger partial charge in [0.05, 0.1) is 12.1 Å². The van der Waals surface area contributed by atoms with Crippen LogP contribution in [0.1, 0.15) is 52.6 Å². The van der Waals surface area contributed by atoms with Gasteiger partial charge in [-0.05, 0) is 40.2 Å². The summed E-state index contributed by atoms with van der Waals surface area (Å²) in [7, 11) is -3.95. The summed E-state index contributed by atoms with van der Waals surface area (Å²) in [6, 6.07) is 5.27. The van der Waals surface area contributed by atoms with Crippen molar-refractivity contribution in [2.75, 3.05) is 12.7 Å². The van der Waals surface area contributed by atoms with Crippen molar-refractivity contribution in [3.63, 3.8) is 0 Å². The van der Waals surface area contributed by atoms with E-state index in [2.05, 4.69) is 5.32 Å². The molecule has 44 heavy (non-hydrogen) atoms. The lowest BCUT2D eigenvalue weighted by Gasteiger charge is -2.50. The summed E-state index contributed by atoms with van der Waals surface area (Å²) in [5.41, 5.74) is -0.0634. The highest BCUT2D eigenvalue weighted by Crippen LogP contribution is 2.54. The molecule has 1 N–H and O–H groups in total. The van der Waals surface area contributed by atoms with Crippen LogP contribution in [0.15, 0.2) is 30.3 Å². The summed E-state index contributed by atoms with van der Waals surface area (Å²) in [5, 5.41) is 1.66. The van der Waals surface area contributed by atoms with Crippen LogP contribution < -0.4 is 5.32 Å². The number of halogens is 1. The summed E-state index contributed by atoms with van der Waals surface area (Å²) >= 11 is 7.35. The van der Waals surface area contributed by atoms with E-state index in [1.807, 2.05) is 44.2 Å². The van der Waals surface area contributed by atoms with Gasteiger partial charge in [-0.25, -0.2) is 18.0 Å². The maximum absolute atomic E-state index is 13.6. The highest BCUT2D eigenvalue weighted by atomic mass is 35.5. The molecule has 1 aromatic carbocycles. The van der Waals surface area contributed by atoms with E-state index >= 15 is 0 Å². The van der Waals surface area contributed by atoms with E-state index in [4.69, 9.17) is 21.1 Å². The van der Waals surface area contributed by atoms with Crippen LogP contribution in [-0.4, -0.2) is 109 Å². The number of nitrogens with one attached hydrogen (secondary N) is 1. The van der Waals surface area contributed by atoms with E-state index < -0.39 is 96.3 Å². The molecule has 238 valence electrons. The lowest BCUT2D eigenvalue weighted by molar-refractivity contribution is -0.183. The molecule has 16 heteroatoms. The van der Waals surface area contributed by atoms with Crippen molar-refractivity contribution < 1.29 is 41.9 Å². The number of alkyl halides is 1. The Morgan fingerprint density at radius 3 is 2.18 bits per heavy atom. The van der Waals surface area contributed by atoms with E-state index in [0.29, 0.717) is 0 Å². The molecule has 0 spiro atoms. The van der Waals surface area contributed by atoms with Crippen LogP contribution in [0.3, 0.4) is 0 Å². The number of benzene rings is 1. The van der Waals surface area contributed by atoms with Gasteiger partial charge in [-0.2, -0.15) is 0 Å². The minimum absolute atomic E-state index is 0.239. The number of esters is 2. The summed E-state index contributed by atoms with van der Waals surface area (Å²) in [5.74, 6) is -3.49. The Morgan fingerprint density at radius 1 is 0.977 bits per heavy atom. The quantitative estimate of drug-likeness (QED) is 0.189. The zero-order chi connectivity index (χ0) is 32.1. The molecular weight excluding hydrogens is 636 g/mol. The molecule has 5 aliphatic heterocycles. The number of fused-ring (bicyclic) bond motifs is 2. The van der Waals surface area contributed by atoms with E-state index in [9.17, 15) is 32.4 Å². The Bertz CT molecular complexity index is 1570. The zero-order valence-corrected chi connectivity index (χ0v) is 27.1. The molecule has 6 rings (SSSR count). The van der Waals surface area contributed by atoms with Gasteiger partial charge in [0.2, 0.25) is 24.5 Å². The van der Waals surface area contributed by atoms with Gasteiger partial charge >= 0.3 is 11.9 Å². The van der Waals surface area contributed by atoms with Gasteiger partial charge in [0.15, 0.2) is 15.9 Å². The van der Waals surface area contributed by atoms with Gasteiger partial charge in [-0.3, -0.25) is 19.7 Å². The van der Waals surface area contributed by atoms with Crippen LogP contribution in [0.2, 0.25) is 0 Å². The van der Waals surface area contributed by atoms with Crippen molar-refractivity contribution >= 4 is 62.9 Å². The second-order valence-electron chi connectivity index (χ2n) is 12.9. The van der Waals surface area contributed by atoms with Gasteiger partial charge in [0.1, 0.15) is 33.6 Å². The number of carbonyl (C=O) groups excluding carboxylic acids is 5. The topological polar surface area (TPSA) is 160 Å². The maximum Gasteiger partial charge on any atom is 0.333 e. The molecule has 2 unspecified atom stereocenters. The van der Waals surface area contributed by atoms with Crippen molar-refractivity contribution in [1.29, 1.82) is 0 Å². The Morgan fingerprint density at radius 2 is 1.59 bits per heavy atom. The fraction of sp³-hybridized carbons (Fsp3) is 0.607. The number of hydrogen-bond acceptors (Lipinski definition) is 11. The average Bonchev–Trinajstić information content (AvgIpc) is 3.41. The number of amides is 3. The molecule has 0 radical (unpaired) electrons. The van der Waals surface area contributed by atoms with Crippen molar-refractivity contribution in [2.24, 2.45) is 0 Å². The highest BCUT2D eigenvalue weighted by Gasteiger charge is 2.71. The molecule has 0 bridgehead atoms. The predicted octanol–water partition coefficient (Wildman–Crippen LogP) is 0.723. The van der Waals surface area contributed by atoms with E-state index in [1.54, 1.807) is 18.7 Å². The van der Waals surface area contributed by atoms with Gasteiger partial charge in [-0.15, -0.1) is 23.4 Å². The first-order valence-electron chi connectivity index (χ1n) is 14.1. The van der Waals surface area contributed by atoms with E-state index in [-0.39, 0.29) is 12.3 Å². The van der Waals surface area contributed by atoms with Crippen LogP contribution in [-0.2, 0) is 43.3 Å². The lowest BCUT2D eigenvalue weighted by Crippen LogP contribution is -2.73. The molecule has 5 saturated heterocycles. The van der Waals surface area contributed by atoms with Gasteiger partial charge in [0, 0.05) is 10.6 Å². The normalized spacial score (nSPS) is 36.0. The molecule has 5 aliphatic rings. The van der Waals surface area contributed by atoms with Gasteiger partial charge < -0.3 is 24.2 Å². The monoisotopic (exact) mass is 668 g/mol. The standard InChI is InChI=1S/C28H33ClN4O9S2/c1-26(2)19(24(37)41-13-42-25(38)20-28(5,12-29)44(39,40)16-11-15(34)31(16)20)32-22(36)18(23(32)43-26)33-21(35)17(30-27(33,3)4)14-9-7-6-8-10-14/h6-10,16-20,23,30H,11-13H2,1-5H3/t16-,17?,18+,19-,20?,23+,28-/m0/s1. The minimum Gasteiger partial charge on any atom is -0.426 e. The van der Waals surface area contributed by atoms with Crippen molar-refractivity contribution in [3.05, 3.63) is 35.9 Å². The first-order valence-corrected chi connectivity index (χ1v) is 17.1. The Labute approximate surface area is 263 Å². The molecule has 1 aromatic rings. The number of β-lactam (4-membered cyclic amide) rings is 2. The number of thioether (sulfide) groups is 1. The van der Waals surface area contributed by atoms with Crippen molar-refractivity contribution in [2.45, 2.75) is 91.1 Å². The minimum atomic E-state index is -3.95. The van der Waals surface area contributed by atoms with Gasteiger partial charge in [0.25, 0.3) is 0 Å². The molecule has 5 heterocycles. The number of nitrogens with zero attached hydrogens (tertiary/aromatic N) is 3. The third-order valence-electron chi connectivity index (χ3n) is 9.33. The molecule has 5 fully saturated rings. The second-order valence-corrected chi connectivity index (χ2v) is 17.5. The predicted molar refractivity (Wildman–Crippen MR) is 157 cm³/mol. The average molecular weight is 669 g/mol. The number of carbonyl (C=O) groups is 5. The third kappa shape index (κ3) is 4.14. The summed E-state index contributed by atoms with van der Waals surface area (Å²) in [6.45, 7) is 7.65. The lowest BCUT2D eigenvalue weighted by atomic mass is 9.94. The smallest absolute Gasteiger partial charge is 0.333 e. The Kier molecular flexibility index (Phi) is 7.12. The first kappa shape index (κ1) is 31.1. The highest BCUT2D eigenvalue weighted by molar-refractivity contribution is 8.01. The van der Waals surface area contributed by atoms with Gasteiger partial charge in [-0.1, -0.05) is 30.3 Å². The molecule has 3 amide bonds. The zero-order valence-electron chi connectivity index (χ0n) is 24.7. The third-order valence-corrected chi connectivity index (χ3v) is 14.4. The first-order chi connectivity index (χ1) is 20.5. The summed E-state index contributed by atoms with van der Waals surface area (Å²) < 4.78 is 33.7. The molecular formula is C28H33ClN4O9S2. The van der Waals surface area contributed by atoms with Crippen molar-refractivity contribution in [1.82, 2.24) is 20.0 Å². The number of rotatable bonds is 7. The fourth-order valence-electron chi connectivity index (χ4n) is 7.01. The SMILES string of the molecule is CC1(C)S[C@@H]2[C@H](N3C(=O)C(c4ccccc4)NC3(C)C)C(=O)N2[C@H]1C(=O)OCOC(=O)C1N2C(=O)C[C@@H]2S(=O)(=O)[C@@]1(C)CCl. The van der Waals surface area contributed by atoms with Crippen LogP contribution in [0.5, 0.6) is 0 Å².